The topological polar surface area (TPSA) is 160 Å². The van der Waals surface area contributed by atoms with E-state index < -0.39 is 64.2 Å². The molecule has 0 saturated heterocycles. The van der Waals surface area contributed by atoms with Crippen molar-refractivity contribution in [3.05, 3.63) is 161 Å². The van der Waals surface area contributed by atoms with E-state index in [-0.39, 0.29) is 44.7 Å². The lowest BCUT2D eigenvalue weighted by Gasteiger charge is -2.13. The summed E-state index contributed by atoms with van der Waals surface area (Å²) in [4.78, 5) is 47.3. The number of anilines is 2. The van der Waals surface area contributed by atoms with Crippen molar-refractivity contribution in [1.29, 1.82) is 0 Å². The van der Waals surface area contributed by atoms with Crippen molar-refractivity contribution in [1.82, 2.24) is 0 Å². The van der Waals surface area contributed by atoms with E-state index in [1.54, 1.807) is 18.2 Å². The van der Waals surface area contributed by atoms with Gasteiger partial charge in [-0.05, 0) is 95.1 Å². The molecule has 0 aliphatic rings. The van der Waals surface area contributed by atoms with Gasteiger partial charge in [0.05, 0.1) is 43.6 Å². The summed E-state index contributed by atoms with van der Waals surface area (Å²) in [6.45, 7) is 0. The molecule has 0 aliphatic heterocycles. The maximum Gasteiger partial charge on any atom is 0.336 e. The molecule has 0 saturated carbocycles. The second-order valence-corrected chi connectivity index (χ2v) is 12.2. The number of carboxylic acids is 2. The molecule has 0 bridgehead atoms. The number of halogens is 5. The quantitative estimate of drug-likeness (QED) is 0.0935. The number of hydrogen-bond acceptors (Lipinski definition) is 7. The lowest BCUT2D eigenvalue weighted by Crippen LogP contribution is -2.18. The summed E-state index contributed by atoms with van der Waals surface area (Å²) in [5, 5.41) is 22.5. The van der Waals surface area contributed by atoms with Crippen molar-refractivity contribution in [2.24, 2.45) is 0 Å². The molecule has 0 heterocycles. The average molecular weight is 815 g/mol. The Morgan fingerprint density at radius 2 is 0.864 bits per heavy atom. The van der Waals surface area contributed by atoms with Crippen LogP contribution in [0, 0.1) is 29.1 Å². The number of nitrogens with one attached hydrogen (secondary N) is 2. The molecule has 59 heavy (non-hydrogen) atoms. The molecule has 6 aromatic carbocycles. The van der Waals surface area contributed by atoms with Crippen LogP contribution < -0.4 is 24.8 Å². The molecule has 0 unspecified atom stereocenters. The molecule has 0 fully saturated rings. The predicted molar refractivity (Wildman–Crippen MR) is 206 cm³/mol. The Balaban J connectivity index is 0.000000224. The minimum atomic E-state index is -1.35. The minimum Gasteiger partial charge on any atom is -0.497 e. The molecule has 16 heteroatoms. The Kier molecular flexibility index (Phi) is 13.3. The zero-order valence-corrected chi connectivity index (χ0v) is 31.0. The van der Waals surface area contributed by atoms with Crippen LogP contribution in [0.3, 0.4) is 0 Å². The molecular formula is C43H31F5N2O9. The first kappa shape index (κ1) is 42.4. The molecule has 0 atom stereocenters. The first-order valence-corrected chi connectivity index (χ1v) is 17.0. The van der Waals surface area contributed by atoms with Crippen molar-refractivity contribution in [2.75, 3.05) is 32.0 Å². The highest BCUT2D eigenvalue weighted by atomic mass is 19.1. The molecule has 0 spiro atoms. The van der Waals surface area contributed by atoms with E-state index in [1.165, 1.54) is 75.9 Å². The van der Waals surface area contributed by atoms with E-state index in [0.717, 1.165) is 36.4 Å². The Labute approximate surface area is 332 Å². The molecule has 11 nitrogen and oxygen atoms in total. The summed E-state index contributed by atoms with van der Waals surface area (Å²) in [5.74, 6) is -8.48. The summed E-state index contributed by atoms with van der Waals surface area (Å²) in [5.41, 5.74) is -1.59. The summed E-state index contributed by atoms with van der Waals surface area (Å²) in [6.07, 6.45) is 0. The van der Waals surface area contributed by atoms with Crippen LogP contribution in [0.1, 0.15) is 41.4 Å². The molecule has 0 radical (unpaired) electrons. The third-order valence-electron chi connectivity index (χ3n) is 8.52. The smallest absolute Gasteiger partial charge is 0.336 e. The van der Waals surface area contributed by atoms with Crippen LogP contribution in [0.4, 0.5) is 33.3 Å². The van der Waals surface area contributed by atoms with Crippen LogP contribution in [0.2, 0.25) is 0 Å². The third kappa shape index (κ3) is 9.80. The van der Waals surface area contributed by atoms with Gasteiger partial charge in [-0.15, -0.1) is 0 Å². The molecule has 302 valence electrons. The zero-order valence-electron chi connectivity index (χ0n) is 31.0. The maximum atomic E-state index is 14.6. The van der Waals surface area contributed by atoms with Gasteiger partial charge in [-0.3, -0.25) is 9.59 Å². The predicted octanol–water partition coefficient (Wildman–Crippen LogP) is 9.33. The second-order valence-electron chi connectivity index (χ2n) is 12.2. The number of amides is 2. The van der Waals surface area contributed by atoms with Gasteiger partial charge in [0.15, 0.2) is 11.5 Å². The van der Waals surface area contributed by atoms with Crippen molar-refractivity contribution in [3.8, 4) is 39.5 Å². The van der Waals surface area contributed by atoms with Crippen molar-refractivity contribution >= 4 is 35.1 Å². The second kappa shape index (κ2) is 18.5. The normalized spacial score (nSPS) is 10.4. The fraction of sp³-hybridized carbons (Fsp3) is 0.0698. The SMILES string of the molecule is COc1cc(F)cc(-c2cc(F)c(NC(=O)c3ccccc3C(=O)O)c(F)c2)c1.COc1ccc(-c2cc(F)c(NC(=O)c3ccccc3C(=O)O)c(F)c2)cc1OC. The molecule has 6 aromatic rings. The van der Waals surface area contributed by atoms with Gasteiger partial charge in [-0.2, -0.15) is 0 Å². The molecule has 2 amide bonds. The summed E-state index contributed by atoms with van der Waals surface area (Å²) >= 11 is 0. The van der Waals surface area contributed by atoms with Gasteiger partial charge in [0, 0.05) is 6.07 Å². The van der Waals surface area contributed by atoms with Crippen LogP contribution in [0.25, 0.3) is 22.3 Å². The molecular weight excluding hydrogens is 783 g/mol. The minimum absolute atomic E-state index is 0.0294. The number of rotatable bonds is 11. The standard InChI is InChI=1S/C22H17F2NO5.C21H14F3NO4/c1-29-18-8-7-12(11-19(18)30-2)13-9-16(23)20(17(24)10-13)25-21(26)14-5-3-4-6-15(14)22(27)28;1-29-14-7-11(6-13(22)10-14)12-8-17(23)19(18(24)9-12)25-20(26)15-4-2-3-5-16(15)21(27)28/h3-11H,1-2H3,(H,25,26)(H,27,28);2-10H,1H3,(H,25,26)(H,27,28). The number of benzene rings is 6. The first-order valence-electron chi connectivity index (χ1n) is 17.0. The van der Waals surface area contributed by atoms with Gasteiger partial charge >= 0.3 is 11.9 Å². The monoisotopic (exact) mass is 814 g/mol. The Morgan fingerprint density at radius 3 is 1.27 bits per heavy atom. The van der Waals surface area contributed by atoms with Gasteiger partial charge in [0.2, 0.25) is 0 Å². The number of ether oxygens (including phenoxy) is 3. The molecule has 4 N–H and O–H groups in total. The number of carboxylic acid groups (broad SMARTS) is 2. The van der Waals surface area contributed by atoms with E-state index in [4.69, 9.17) is 19.3 Å². The van der Waals surface area contributed by atoms with E-state index in [0.29, 0.717) is 17.1 Å². The average Bonchev–Trinajstić information content (AvgIpc) is 3.22. The van der Waals surface area contributed by atoms with Crippen LogP contribution in [0.5, 0.6) is 17.2 Å². The number of hydrogen-bond donors (Lipinski definition) is 4. The lowest BCUT2D eigenvalue weighted by molar-refractivity contribution is 0.0683. The van der Waals surface area contributed by atoms with Crippen LogP contribution >= 0.6 is 0 Å². The number of carbonyl (C=O) groups is 4. The Hall–Kier alpha value is -7.75. The van der Waals surface area contributed by atoms with Crippen LogP contribution in [-0.4, -0.2) is 55.3 Å². The van der Waals surface area contributed by atoms with Gasteiger partial charge in [-0.1, -0.05) is 30.3 Å². The highest BCUT2D eigenvalue weighted by Crippen LogP contribution is 2.35. The zero-order chi connectivity index (χ0) is 43.0. The lowest BCUT2D eigenvalue weighted by atomic mass is 10.0. The van der Waals surface area contributed by atoms with E-state index in [2.05, 4.69) is 10.6 Å². The largest absolute Gasteiger partial charge is 0.497 e. The Bertz CT molecular complexity index is 2550. The van der Waals surface area contributed by atoms with Gasteiger partial charge in [-0.25, -0.2) is 31.5 Å². The fourth-order valence-corrected chi connectivity index (χ4v) is 5.68. The summed E-state index contributed by atoms with van der Waals surface area (Å²) < 4.78 is 87.3. The third-order valence-corrected chi connectivity index (χ3v) is 8.52. The Morgan fingerprint density at radius 1 is 0.458 bits per heavy atom. The maximum absolute atomic E-state index is 14.6. The van der Waals surface area contributed by atoms with E-state index in [9.17, 15) is 46.2 Å². The van der Waals surface area contributed by atoms with E-state index >= 15 is 0 Å². The first-order chi connectivity index (χ1) is 28.1. The number of methoxy groups -OCH3 is 3. The fourth-order valence-electron chi connectivity index (χ4n) is 5.68. The summed E-state index contributed by atoms with van der Waals surface area (Å²) in [7, 11) is 4.24. The van der Waals surface area contributed by atoms with Crippen molar-refractivity contribution in [3.63, 3.8) is 0 Å². The van der Waals surface area contributed by atoms with Gasteiger partial charge in [0.25, 0.3) is 11.8 Å². The molecule has 0 aliphatic carbocycles. The highest BCUT2D eigenvalue weighted by molar-refractivity contribution is 6.11. The van der Waals surface area contributed by atoms with Crippen LogP contribution in [-0.2, 0) is 0 Å². The van der Waals surface area contributed by atoms with Crippen molar-refractivity contribution < 1.29 is 65.6 Å². The van der Waals surface area contributed by atoms with Crippen molar-refractivity contribution in [2.45, 2.75) is 0 Å². The highest BCUT2D eigenvalue weighted by Gasteiger charge is 2.22. The molecule has 0 aromatic heterocycles. The number of aromatic carboxylic acids is 2. The van der Waals surface area contributed by atoms with E-state index in [1.807, 2.05) is 0 Å². The van der Waals surface area contributed by atoms with Gasteiger partial charge in [0.1, 0.15) is 46.2 Å². The van der Waals surface area contributed by atoms with Gasteiger partial charge < -0.3 is 35.1 Å². The molecule has 6 rings (SSSR count). The van der Waals surface area contributed by atoms with Crippen LogP contribution in [0.15, 0.2) is 109 Å². The summed E-state index contributed by atoms with van der Waals surface area (Å²) in [6, 6.07) is 23.0. The number of carbonyl (C=O) groups excluding carboxylic acids is 2.